The van der Waals surface area contributed by atoms with Gasteiger partial charge in [-0.2, -0.15) is 0 Å². The third kappa shape index (κ3) is 3.27. The van der Waals surface area contributed by atoms with E-state index in [9.17, 15) is 4.79 Å². The fourth-order valence-corrected chi connectivity index (χ4v) is 4.50. The number of nitrogens with one attached hydrogen (secondary N) is 2. The molecule has 2 N–H and O–H groups in total. The van der Waals surface area contributed by atoms with E-state index in [4.69, 9.17) is 4.74 Å². The number of aromatic amines is 1. The van der Waals surface area contributed by atoms with Gasteiger partial charge in [0.15, 0.2) is 5.78 Å². The van der Waals surface area contributed by atoms with Gasteiger partial charge in [-0.25, -0.2) is 0 Å². The van der Waals surface area contributed by atoms with Crippen molar-refractivity contribution in [2.75, 3.05) is 33.3 Å². The molecule has 1 fully saturated rings. The molecule has 0 aliphatic carbocycles. The van der Waals surface area contributed by atoms with E-state index in [1.807, 2.05) is 26.8 Å². The molecule has 0 saturated carbocycles. The summed E-state index contributed by atoms with van der Waals surface area (Å²) in [5.74, 6) is 1.24. The van der Waals surface area contributed by atoms with Crippen molar-refractivity contribution >= 4 is 16.7 Å². The highest BCUT2D eigenvalue weighted by Crippen LogP contribution is 2.40. The number of ether oxygens (including phenoxy) is 1. The number of fused-ring (bicyclic) bond motifs is 4. The van der Waals surface area contributed by atoms with Crippen molar-refractivity contribution in [3.8, 4) is 5.75 Å². The van der Waals surface area contributed by atoms with Crippen molar-refractivity contribution in [3.63, 3.8) is 0 Å². The number of Topliss-reactive ketones (excluding diaryl/α,β-unsaturated/α-hetero) is 1. The Morgan fingerprint density at radius 2 is 2.00 bits per heavy atom. The van der Waals surface area contributed by atoms with Gasteiger partial charge in [0.1, 0.15) is 5.75 Å². The summed E-state index contributed by atoms with van der Waals surface area (Å²) < 4.78 is 5.43. The molecule has 4 rings (SSSR count). The number of piperidine rings is 1. The molecule has 0 unspecified atom stereocenters. The fourth-order valence-electron chi connectivity index (χ4n) is 4.50. The zero-order chi connectivity index (χ0) is 19.2. The molecule has 5 heteroatoms. The molecule has 0 bridgehead atoms. The highest BCUT2D eigenvalue weighted by Gasteiger charge is 2.41. The number of hydrogen-bond acceptors (Lipinski definition) is 4. The highest BCUT2D eigenvalue weighted by atomic mass is 16.5. The van der Waals surface area contributed by atoms with Crippen LogP contribution in [0.25, 0.3) is 10.9 Å². The lowest BCUT2D eigenvalue weighted by Crippen LogP contribution is -2.55. The van der Waals surface area contributed by atoms with Crippen LogP contribution in [0.3, 0.4) is 0 Å². The van der Waals surface area contributed by atoms with E-state index in [1.165, 1.54) is 22.2 Å². The molecule has 0 atom stereocenters. The van der Waals surface area contributed by atoms with Gasteiger partial charge in [-0.15, -0.1) is 0 Å². The quantitative estimate of drug-likeness (QED) is 0.872. The molecule has 0 amide bonds. The average molecular weight is 370 g/mol. The molecule has 146 valence electrons. The molecular formula is C22H31N3O2. The topological polar surface area (TPSA) is 57.4 Å². The second-order valence-electron chi connectivity index (χ2n) is 9.10. The molecule has 1 aromatic heterocycles. The Labute approximate surface area is 161 Å². The van der Waals surface area contributed by atoms with Gasteiger partial charge in [0.2, 0.25) is 0 Å². The highest BCUT2D eigenvalue weighted by molar-refractivity contribution is 5.87. The number of hydrogen-bond donors (Lipinski definition) is 2. The Bertz CT molecular complexity index is 854. The van der Waals surface area contributed by atoms with Gasteiger partial charge < -0.3 is 15.0 Å². The van der Waals surface area contributed by atoms with Crippen molar-refractivity contribution in [2.24, 2.45) is 5.41 Å². The summed E-state index contributed by atoms with van der Waals surface area (Å²) in [6, 6.07) is 6.29. The number of ketones is 1. The zero-order valence-electron chi connectivity index (χ0n) is 16.9. The van der Waals surface area contributed by atoms with Crippen LogP contribution in [0.4, 0.5) is 0 Å². The normalized spacial score (nSPS) is 20.0. The van der Waals surface area contributed by atoms with Crippen LogP contribution in [0.5, 0.6) is 5.75 Å². The Balaban J connectivity index is 1.57. The SMILES string of the molecule is COc1ccc2[nH]c3c(c2c1)CCNC31CCN(CC(=O)C(C)(C)C)CC1. The minimum atomic E-state index is -0.262. The fraction of sp³-hybridized carbons (Fsp3) is 0.591. The number of carbonyl (C=O) groups excluding carboxylic acids is 1. The predicted octanol–water partition coefficient (Wildman–Crippen LogP) is 3.23. The molecule has 2 aromatic rings. The summed E-state index contributed by atoms with van der Waals surface area (Å²) in [6.45, 7) is 9.49. The number of rotatable bonds is 3. The molecule has 1 saturated heterocycles. The van der Waals surface area contributed by atoms with Crippen LogP contribution in [0.15, 0.2) is 18.2 Å². The van der Waals surface area contributed by atoms with Gasteiger partial charge in [-0.05, 0) is 43.0 Å². The van der Waals surface area contributed by atoms with Crippen LogP contribution < -0.4 is 10.1 Å². The maximum atomic E-state index is 12.4. The minimum Gasteiger partial charge on any atom is -0.497 e. The number of methoxy groups -OCH3 is 1. The first kappa shape index (κ1) is 18.5. The number of benzene rings is 1. The van der Waals surface area contributed by atoms with E-state index in [2.05, 4.69) is 27.3 Å². The van der Waals surface area contributed by atoms with Gasteiger partial charge in [-0.1, -0.05) is 20.8 Å². The van der Waals surface area contributed by atoms with Crippen molar-refractivity contribution in [2.45, 2.75) is 45.6 Å². The van der Waals surface area contributed by atoms with Gasteiger partial charge in [0, 0.05) is 41.6 Å². The Morgan fingerprint density at radius 1 is 1.26 bits per heavy atom. The second kappa shape index (κ2) is 6.64. The first-order valence-corrected chi connectivity index (χ1v) is 10.0. The molecule has 3 heterocycles. The summed E-state index contributed by atoms with van der Waals surface area (Å²) in [4.78, 5) is 18.4. The van der Waals surface area contributed by atoms with E-state index >= 15 is 0 Å². The summed E-state index contributed by atoms with van der Waals surface area (Å²) in [5, 5.41) is 5.10. The van der Waals surface area contributed by atoms with Gasteiger partial charge in [0.05, 0.1) is 19.2 Å². The summed E-state index contributed by atoms with van der Waals surface area (Å²) in [5.41, 5.74) is 3.71. The molecule has 2 aliphatic heterocycles. The van der Waals surface area contributed by atoms with Crippen LogP contribution >= 0.6 is 0 Å². The van der Waals surface area contributed by atoms with Crippen LogP contribution in [0, 0.1) is 5.41 Å². The second-order valence-corrected chi connectivity index (χ2v) is 9.10. The lowest BCUT2D eigenvalue weighted by molar-refractivity contribution is -0.128. The monoisotopic (exact) mass is 369 g/mol. The lowest BCUT2D eigenvalue weighted by Gasteiger charge is -2.45. The van der Waals surface area contributed by atoms with E-state index in [-0.39, 0.29) is 11.0 Å². The Kier molecular flexibility index (Phi) is 4.55. The Hall–Kier alpha value is -1.85. The van der Waals surface area contributed by atoms with E-state index < -0.39 is 0 Å². The number of aromatic nitrogens is 1. The van der Waals surface area contributed by atoms with Crippen molar-refractivity contribution in [1.29, 1.82) is 0 Å². The largest absolute Gasteiger partial charge is 0.497 e. The number of likely N-dealkylation sites (tertiary alicyclic amines) is 1. The number of H-pyrrole nitrogens is 1. The standard InChI is InChI=1S/C22H31N3O2/c1-21(2,3)19(26)14-25-11-8-22(9-12-25)20-16(7-10-23-22)17-13-15(27-4)5-6-18(17)24-20/h5-6,13,23-24H,7-12,14H2,1-4H3. The van der Waals surface area contributed by atoms with Crippen LogP contribution in [-0.2, 0) is 16.8 Å². The molecule has 1 spiro atoms. The molecular weight excluding hydrogens is 338 g/mol. The zero-order valence-corrected chi connectivity index (χ0v) is 16.9. The molecule has 2 aliphatic rings. The summed E-state index contributed by atoms with van der Waals surface area (Å²) in [6.07, 6.45) is 3.10. The molecule has 5 nitrogen and oxygen atoms in total. The van der Waals surface area contributed by atoms with Gasteiger partial charge in [0.25, 0.3) is 0 Å². The van der Waals surface area contributed by atoms with E-state index in [0.717, 1.165) is 44.6 Å². The van der Waals surface area contributed by atoms with Crippen molar-refractivity contribution in [1.82, 2.24) is 15.2 Å². The van der Waals surface area contributed by atoms with E-state index in [0.29, 0.717) is 12.3 Å². The third-order valence-corrected chi connectivity index (χ3v) is 6.34. The maximum Gasteiger partial charge on any atom is 0.152 e. The third-order valence-electron chi connectivity index (χ3n) is 6.34. The number of nitrogens with zero attached hydrogens (tertiary/aromatic N) is 1. The van der Waals surface area contributed by atoms with Crippen LogP contribution in [0.2, 0.25) is 0 Å². The molecule has 1 aromatic carbocycles. The molecule has 0 radical (unpaired) electrons. The average Bonchev–Trinajstić information content (AvgIpc) is 3.02. The van der Waals surface area contributed by atoms with Crippen molar-refractivity contribution < 1.29 is 9.53 Å². The molecule has 27 heavy (non-hydrogen) atoms. The minimum absolute atomic E-state index is 0.00111. The Morgan fingerprint density at radius 3 is 2.67 bits per heavy atom. The summed E-state index contributed by atoms with van der Waals surface area (Å²) in [7, 11) is 1.72. The maximum absolute atomic E-state index is 12.4. The lowest BCUT2D eigenvalue weighted by atomic mass is 9.79. The van der Waals surface area contributed by atoms with Crippen molar-refractivity contribution in [3.05, 3.63) is 29.5 Å². The summed E-state index contributed by atoms with van der Waals surface area (Å²) >= 11 is 0. The van der Waals surface area contributed by atoms with Gasteiger partial charge in [-0.3, -0.25) is 9.69 Å². The van der Waals surface area contributed by atoms with Crippen LogP contribution in [0.1, 0.15) is 44.9 Å². The first-order chi connectivity index (χ1) is 12.8. The van der Waals surface area contributed by atoms with Crippen LogP contribution in [-0.4, -0.2) is 49.0 Å². The van der Waals surface area contributed by atoms with Gasteiger partial charge >= 0.3 is 0 Å². The predicted molar refractivity (Wildman–Crippen MR) is 108 cm³/mol. The smallest absolute Gasteiger partial charge is 0.152 e. The first-order valence-electron chi connectivity index (χ1n) is 10.0. The van der Waals surface area contributed by atoms with E-state index in [1.54, 1.807) is 7.11 Å². The number of carbonyl (C=O) groups is 1.